The SMILES string of the molecule is CCN(CC)C(=O)C1CCCN(Cc2nc(-c3cccc(C(F)(F)F)c3)oc2C)C1. The monoisotopic (exact) mass is 423 g/mol. The first-order chi connectivity index (χ1) is 14.2. The van der Waals surface area contributed by atoms with E-state index in [0.29, 0.717) is 43.2 Å². The number of hydrogen-bond acceptors (Lipinski definition) is 4. The van der Waals surface area contributed by atoms with Crippen molar-refractivity contribution in [1.82, 2.24) is 14.8 Å². The normalized spacial score (nSPS) is 17.9. The van der Waals surface area contributed by atoms with Crippen LogP contribution >= 0.6 is 0 Å². The first-order valence-electron chi connectivity index (χ1n) is 10.4. The van der Waals surface area contributed by atoms with Crippen LogP contribution in [0.2, 0.25) is 0 Å². The molecule has 1 atom stereocenters. The van der Waals surface area contributed by atoms with E-state index in [0.717, 1.165) is 31.5 Å². The summed E-state index contributed by atoms with van der Waals surface area (Å²) in [7, 11) is 0. The lowest BCUT2D eigenvalue weighted by molar-refractivity contribution is -0.138. The molecule has 8 heteroatoms. The second-order valence-electron chi connectivity index (χ2n) is 7.69. The summed E-state index contributed by atoms with van der Waals surface area (Å²) in [6, 6.07) is 4.99. The zero-order valence-electron chi connectivity index (χ0n) is 17.6. The molecule has 5 nitrogen and oxygen atoms in total. The van der Waals surface area contributed by atoms with E-state index in [2.05, 4.69) is 9.88 Å². The number of hydrogen-bond donors (Lipinski definition) is 0. The molecule has 0 spiro atoms. The largest absolute Gasteiger partial charge is 0.441 e. The Labute approximate surface area is 174 Å². The zero-order chi connectivity index (χ0) is 21.9. The summed E-state index contributed by atoms with van der Waals surface area (Å²) in [6.45, 7) is 9.15. The van der Waals surface area contributed by atoms with E-state index >= 15 is 0 Å². The molecule has 30 heavy (non-hydrogen) atoms. The summed E-state index contributed by atoms with van der Waals surface area (Å²) >= 11 is 0. The van der Waals surface area contributed by atoms with E-state index in [1.165, 1.54) is 6.07 Å². The number of nitrogens with zero attached hydrogens (tertiary/aromatic N) is 3. The van der Waals surface area contributed by atoms with Crippen LogP contribution in [-0.2, 0) is 17.5 Å². The van der Waals surface area contributed by atoms with Gasteiger partial charge in [-0.05, 0) is 58.4 Å². The summed E-state index contributed by atoms with van der Waals surface area (Å²) in [5.41, 5.74) is 0.261. The Kier molecular flexibility index (Phi) is 6.85. The smallest absolute Gasteiger partial charge is 0.416 e. The number of benzene rings is 1. The van der Waals surface area contributed by atoms with E-state index in [1.54, 1.807) is 13.0 Å². The summed E-state index contributed by atoms with van der Waals surface area (Å²) in [5.74, 6) is 0.918. The minimum atomic E-state index is -4.42. The first kappa shape index (κ1) is 22.3. The fourth-order valence-corrected chi connectivity index (χ4v) is 3.93. The number of oxazole rings is 1. The zero-order valence-corrected chi connectivity index (χ0v) is 17.6. The molecular formula is C22H28F3N3O2. The van der Waals surface area contributed by atoms with Gasteiger partial charge in [-0.2, -0.15) is 13.2 Å². The molecule has 2 aromatic rings. The number of amides is 1. The second kappa shape index (κ2) is 9.20. The van der Waals surface area contributed by atoms with Gasteiger partial charge in [0.05, 0.1) is 17.2 Å². The van der Waals surface area contributed by atoms with Crippen LogP contribution in [0.1, 0.15) is 43.7 Å². The molecule has 2 heterocycles. The van der Waals surface area contributed by atoms with Crippen molar-refractivity contribution in [3.63, 3.8) is 0 Å². The molecule has 0 aliphatic carbocycles. The van der Waals surface area contributed by atoms with Gasteiger partial charge in [-0.1, -0.05) is 6.07 Å². The summed E-state index contributed by atoms with van der Waals surface area (Å²) in [4.78, 5) is 21.2. The Bertz CT molecular complexity index is 875. The van der Waals surface area contributed by atoms with Crippen molar-refractivity contribution in [3.8, 4) is 11.5 Å². The summed E-state index contributed by atoms with van der Waals surface area (Å²) in [6.07, 6.45) is -2.62. The molecule has 0 N–H and O–H groups in total. The van der Waals surface area contributed by atoms with Gasteiger partial charge < -0.3 is 9.32 Å². The Hall–Kier alpha value is -2.35. The molecule has 1 saturated heterocycles. The van der Waals surface area contributed by atoms with E-state index in [1.807, 2.05) is 18.7 Å². The fourth-order valence-electron chi connectivity index (χ4n) is 3.93. The molecule has 3 rings (SSSR count). The number of aromatic nitrogens is 1. The van der Waals surface area contributed by atoms with Gasteiger partial charge in [0.1, 0.15) is 5.76 Å². The molecule has 0 saturated carbocycles. The van der Waals surface area contributed by atoms with Crippen molar-refractivity contribution in [2.45, 2.75) is 46.3 Å². The first-order valence-corrected chi connectivity index (χ1v) is 10.4. The second-order valence-corrected chi connectivity index (χ2v) is 7.69. The van der Waals surface area contributed by atoms with Crippen molar-refractivity contribution in [1.29, 1.82) is 0 Å². The molecule has 0 bridgehead atoms. The summed E-state index contributed by atoms with van der Waals surface area (Å²) < 4.78 is 44.7. The number of halogens is 3. The van der Waals surface area contributed by atoms with Crippen molar-refractivity contribution in [3.05, 3.63) is 41.3 Å². The van der Waals surface area contributed by atoms with Gasteiger partial charge in [0.25, 0.3) is 0 Å². The lowest BCUT2D eigenvalue weighted by Gasteiger charge is -2.34. The number of carbonyl (C=O) groups is 1. The Morgan fingerprint density at radius 1 is 1.30 bits per heavy atom. The van der Waals surface area contributed by atoms with Crippen LogP contribution in [-0.4, -0.2) is 46.9 Å². The van der Waals surface area contributed by atoms with Crippen molar-refractivity contribution >= 4 is 5.91 Å². The molecule has 1 aromatic heterocycles. The highest BCUT2D eigenvalue weighted by Crippen LogP contribution is 2.32. The third kappa shape index (κ3) is 5.03. The van der Waals surface area contributed by atoms with Crippen molar-refractivity contribution < 1.29 is 22.4 Å². The van der Waals surface area contributed by atoms with Gasteiger partial charge >= 0.3 is 6.18 Å². The van der Waals surface area contributed by atoms with Crippen LogP contribution in [0.5, 0.6) is 0 Å². The average Bonchev–Trinajstić information content (AvgIpc) is 3.09. The van der Waals surface area contributed by atoms with Crippen LogP contribution in [0.3, 0.4) is 0 Å². The lowest BCUT2D eigenvalue weighted by atomic mass is 9.96. The average molecular weight is 423 g/mol. The molecule has 1 fully saturated rings. The molecule has 1 aromatic carbocycles. The highest BCUT2D eigenvalue weighted by atomic mass is 19.4. The van der Waals surface area contributed by atoms with Gasteiger partial charge in [-0.15, -0.1) is 0 Å². The fraction of sp³-hybridized carbons (Fsp3) is 0.545. The Balaban J connectivity index is 1.73. The number of alkyl halides is 3. The predicted molar refractivity (Wildman–Crippen MR) is 108 cm³/mol. The number of likely N-dealkylation sites (tertiary alicyclic amines) is 1. The van der Waals surface area contributed by atoms with Gasteiger partial charge in [0.2, 0.25) is 11.8 Å². The maximum absolute atomic E-state index is 13.0. The quantitative estimate of drug-likeness (QED) is 0.673. The van der Waals surface area contributed by atoms with Crippen LogP contribution in [0.15, 0.2) is 28.7 Å². The highest BCUT2D eigenvalue weighted by Gasteiger charge is 2.31. The van der Waals surface area contributed by atoms with Gasteiger partial charge in [0.15, 0.2) is 0 Å². The van der Waals surface area contributed by atoms with Gasteiger partial charge in [0, 0.05) is 31.7 Å². The third-order valence-electron chi connectivity index (χ3n) is 5.63. The molecule has 1 unspecified atom stereocenters. The van der Waals surface area contributed by atoms with Gasteiger partial charge in [-0.25, -0.2) is 4.98 Å². The number of rotatable bonds is 6. The van der Waals surface area contributed by atoms with Crippen molar-refractivity contribution in [2.75, 3.05) is 26.2 Å². The van der Waals surface area contributed by atoms with E-state index in [4.69, 9.17) is 4.42 Å². The number of piperidine rings is 1. The molecule has 1 amide bonds. The van der Waals surface area contributed by atoms with E-state index < -0.39 is 11.7 Å². The number of aryl methyl sites for hydroxylation is 1. The molecular weight excluding hydrogens is 395 g/mol. The molecule has 1 aliphatic rings. The Morgan fingerprint density at radius 2 is 2.03 bits per heavy atom. The lowest BCUT2D eigenvalue weighted by Crippen LogP contribution is -2.44. The van der Waals surface area contributed by atoms with Crippen LogP contribution in [0.4, 0.5) is 13.2 Å². The molecule has 0 radical (unpaired) electrons. The van der Waals surface area contributed by atoms with Gasteiger partial charge in [-0.3, -0.25) is 9.69 Å². The number of carbonyl (C=O) groups excluding carboxylic acids is 1. The summed E-state index contributed by atoms with van der Waals surface area (Å²) in [5, 5.41) is 0. The van der Waals surface area contributed by atoms with Crippen LogP contribution in [0.25, 0.3) is 11.5 Å². The maximum atomic E-state index is 13.0. The van der Waals surface area contributed by atoms with Crippen LogP contribution in [0, 0.1) is 12.8 Å². The highest BCUT2D eigenvalue weighted by molar-refractivity contribution is 5.79. The van der Waals surface area contributed by atoms with Crippen molar-refractivity contribution in [2.24, 2.45) is 5.92 Å². The van der Waals surface area contributed by atoms with Crippen LogP contribution < -0.4 is 0 Å². The molecule has 164 valence electrons. The predicted octanol–water partition coefficient (Wildman–Crippen LogP) is 4.75. The van der Waals surface area contributed by atoms with E-state index in [-0.39, 0.29) is 17.7 Å². The Morgan fingerprint density at radius 3 is 2.70 bits per heavy atom. The topological polar surface area (TPSA) is 49.6 Å². The van der Waals surface area contributed by atoms with E-state index in [9.17, 15) is 18.0 Å². The minimum absolute atomic E-state index is 0.0335. The maximum Gasteiger partial charge on any atom is 0.416 e. The standard InChI is InChI=1S/C22H28F3N3O2/c1-4-28(5-2)21(29)17-9-7-11-27(13-17)14-19-15(3)30-20(26-19)16-8-6-10-18(12-16)22(23,24)25/h6,8,10,12,17H,4-5,7,9,11,13-14H2,1-3H3. The minimum Gasteiger partial charge on any atom is -0.441 e. The molecule has 1 aliphatic heterocycles. The third-order valence-corrected chi connectivity index (χ3v) is 5.63.